The topological polar surface area (TPSA) is 75.3 Å². The lowest BCUT2D eigenvalue weighted by Gasteiger charge is -2.41. The van der Waals surface area contributed by atoms with Crippen LogP contribution in [0, 0.1) is 0 Å². The molecule has 1 aromatic heterocycles. The lowest BCUT2D eigenvalue weighted by Crippen LogP contribution is -2.45. The Balaban J connectivity index is 1.45. The van der Waals surface area contributed by atoms with E-state index in [-0.39, 0.29) is 23.9 Å². The second kappa shape index (κ2) is 7.23. The number of carbonyl (C=O) groups is 1. The van der Waals surface area contributed by atoms with Crippen LogP contribution in [0.1, 0.15) is 30.1 Å². The summed E-state index contributed by atoms with van der Waals surface area (Å²) < 4.78 is 5.27. The molecule has 0 unspecified atom stereocenters. The smallest absolute Gasteiger partial charge is 0.270 e. The zero-order valence-electron chi connectivity index (χ0n) is 15.1. The Hall–Kier alpha value is -3.15. The van der Waals surface area contributed by atoms with Gasteiger partial charge in [-0.15, -0.1) is 0 Å². The van der Waals surface area contributed by atoms with Crippen molar-refractivity contribution in [2.45, 2.75) is 25.3 Å². The number of ether oxygens (including phenoxy) is 1. The van der Waals surface area contributed by atoms with E-state index in [1.165, 1.54) is 0 Å². The molecule has 1 atom stereocenters. The van der Waals surface area contributed by atoms with Gasteiger partial charge in [0.25, 0.3) is 5.56 Å². The Morgan fingerprint density at radius 3 is 2.89 bits per heavy atom. The highest BCUT2D eigenvalue weighted by molar-refractivity contribution is 5.78. The minimum atomic E-state index is -0.227. The highest BCUT2D eigenvalue weighted by Crippen LogP contribution is 2.35. The molecule has 138 valence electrons. The van der Waals surface area contributed by atoms with Crippen LogP contribution >= 0.6 is 0 Å². The molecule has 0 aliphatic carbocycles. The van der Waals surface area contributed by atoms with Crippen molar-refractivity contribution in [3.05, 3.63) is 70.1 Å². The van der Waals surface area contributed by atoms with Gasteiger partial charge in [0.1, 0.15) is 11.4 Å². The number of methoxy groups -OCH3 is 1. The fraction of sp³-hybridized carbons (Fsp3) is 0.286. The third-order valence-corrected chi connectivity index (χ3v) is 5.06. The highest BCUT2D eigenvalue weighted by Gasteiger charge is 2.33. The van der Waals surface area contributed by atoms with E-state index < -0.39 is 0 Å². The van der Waals surface area contributed by atoms with Crippen molar-refractivity contribution in [1.82, 2.24) is 14.9 Å². The van der Waals surface area contributed by atoms with Crippen LogP contribution in [0.2, 0.25) is 0 Å². The van der Waals surface area contributed by atoms with E-state index in [1.807, 2.05) is 53.4 Å². The maximum absolute atomic E-state index is 12.7. The van der Waals surface area contributed by atoms with Gasteiger partial charge in [0.2, 0.25) is 5.91 Å². The molecular formula is C21H21N3O3. The number of para-hydroxylation sites is 2. The van der Waals surface area contributed by atoms with Crippen LogP contribution in [-0.2, 0) is 11.2 Å². The zero-order chi connectivity index (χ0) is 18.8. The molecule has 0 saturated carbocycles. The normalized spacial score (nSPS) is 16.2. The monoisotopic (exact) mass is 363 g/mol. The summed E-state index contributed by atoms with van der Waals surface area (Å²) in [6.45, 7) is 0.738. The van der Waals surface area contributed by atoms with Gasteiger partial charge < -0.3 is 14.6 Å². The molecule has 1 amide bonds. The fourth-order valence-corrected chi connectivity index (χ4v) is 3.49. The third kappa shape index (κ3) is 3.43. The van der Waals surface area contributed by atoms with Crippen LogP contribution < -0.4 is 10.3 Å². The van der Waals surface area contributed by atoms with Gasteiger partial charge in [-0.25, -0.2) is 4.98 Å². The van der Waals surface area contributed by atoms with Crippen molar-refractivity contribution in [2.75, 3.05) is 13.7 Å². The first-order chi connectivity index (χ1) is 13.2. The maximum atomic E-state index is 12.7. The first-order valence-corrected chi connectivity index (χ1v) is 9.07. The average Bonchev–Trinajstić information content (AvgIpc) is 2.65. The number of hydrogen-bond acceptors (Lipinski definition) is 4. The standard InChI is InChI=1S/C21H21N3O3/c1-27-15-6-4-5-14(13-15)19-11-12-24(19)20(25)10-9-18-21(26)23-17-8-3-2-7-16(17)22-18/h2-8,13,19H,9-12H2,1H3,(H,23,26)/t19-/m0/s1. The van der Waals surface area contributed by atoms with E-state index in [4.69, 9.17) is 4.74 Å². The first-order valence-electron chi connectivity index (χ1n) is 9.07. The molecule has 1 aliphatic heterocycles. The molecule has 1 N–H and O–H groups in total. The summed E-state index contributed by atoms with van der Waals surface area (Å²) in [6, 6.07) is 15.3. The Morgan fingerprint density at radius 2 is 2.11 bits per heavy atom. The fourth-order valence-electron chi connectivity index (χ4n) is 3.49. The van der Waals surface area contributed by atoms with Crippen molar-refractivity contribution in [1.29, 1.82) is 0 Å². The number of rotatable bonds is 5. The molecule has 6 nitrogen and oxygen atoms in total. The Labute approximate surface area is 156 Å². The van der Waals surface area contributed by atoms with Crippen molar-refractivity contribution in [3.63, 3.8) is 0 Å². The third-order valence-electron chi connectivity index (χ3n) is 5.06. The first kappa shape index (κ1) is 17.3. The van der Waals surface area contributed by atoms with Crippen LogP contribution in [0.5, 0.6) is 5.75 Å². The number of likely N-dealkylation sites (tertiary alicyclic amines) is 1. The molecule has 4 rings (SSSR count). The molecule has 3 aromatic rings. The number of amides is 1. The number of nitrogens with zero attached hydrogens (tertiary/aromatic N) is 2. The molecule has 0 spiro atoms. The molecule has 2 aromatic carbocycles. The van der Waals surface area contributed by atoms with Crippen LogP contribution in [0.3, 0.4) is 0 Å². The molecule has 6 heteroatoms. The maximum Gasteiger partial charge on any atom is 0.270 e. The van der Waals surface area contributed by atoms with E-state index in [0.29, 0.717) is 17.6 Å². The number of benzene rings is 2. The number of carbonyl (C=O) groups excluding carboxylic acids is 1. The molecule has 0 radical (unpaired) electrons. The SMILES string of the molecule is COc1cccc([C@@H]2CCN2C(=O)CCc2nc3ccccc3[nH]c2=O)c1. The van der Waals surface area contributed by atoms with Gasteiger partial charge in [0, 0.05) is 19.4 Å². The lowest BCUT2D eigenvalue weighted by atomic mass is 9.94. The van der Waals surface area contributed by atoms with Gasteiger partial charge in [0.15, 0.2) is 0 Å². The van der Waals surface area contributed by atoms with E-state index in [2.05, 4.69) is 9.97 Å². The summed E-state index contributed by atoms with van der Waals surface area (Å²) in [6.07, 6.45) is 1.54. The zero-order valence-corrected chi connectivity index (χ0v) is 15.1. The van der Waals surface area contributed by atoms with Gasteiger partial charge in [0.05, 0.1) is 24.2 Å². The molecule has 1 aliphatic rings. The van der Waals surface area contributed by atoms with Gasteiger partial charge in [-0.05, 0) is 36.2 Å². The van der Waals surface area contributed by atoms with Crippen molar-refractivity contribution in [2.24, 2.45) is 0 Å². The Bertz CT molecular complexity index is 1040. The number of H-pyrrole nitrogens is 1. The van der Waals surface area contributed by atoms with E-state index in [0.717, 1.165) is 29.8 Å². The number of aromatic nitrogens is 2. The highest BCUT2D eigenvalue weighted by atomic mass is 16.5. The molecule has 1 saturated heterocycles. The Kier molecular flexibility index (Phi) is 4.62. The number of fused-ring (bicyclic) bond motifs is 1. The van der Waals surface area contributed by atoms with E-state index in [1.54, 1.807) is 7.11 Å². The lowest BCUT2D eigenvalue weighted by molar-refractivity contribution is -0.139. The second-order valence-corrected chi connectivity index (χ2v) is 6.70. The number of hydrogen-bond donors (Lipinski definition) is 1. The van der Waals surface area contributed by atoms with Gasteiger partial charge >= 0.3 is 0 Å². The van der Waals surface area contributed by atoms with Crippen LogP contribution in [0.15, 0.2) is 53.3 Å². The number of aromatic amines is 1. The van der Waals surface area contributed by atoms with Crippen LogP contribution in [-0.4, -0.2) is 34.4 Å². The quantitative estimate of drug-likeness (QED) is 0.756. The van der Waals surface area contributed by atoms with Crippen molar-refractivity contribution in [3.8, 4) is 5.75 Å². The largest absolute Gasteiger partial charge is 0.497 e. The molecule has 27 heavy (non-hydrogen) atoms. The number of nitrogens with one attached hydrogen (secondary N) is 1. The minimum Gasteiger partial charge on any atom is -0.497 e. The van der Waals surface area contributed by atoms with Gasteiger partial charge in [-0.3, -0.25) is 9.59 Å². The molecule has 0 bridgehead atoms. The minimum absolute atomic E-state index is 0.0448. The summed E-state index contributed by atoms with van der Waals surface area (Å²) in [4.78, 5) is 34.0. The summed E-state index contributed by atoms with van der Waals surface area (Å²) in [7, 11) is 1.64. The predicted octanol–water partition coefficient (Wildman–Crippen LogP) is 2.84. The number of aryl methyl sites for hydroxylation is 1. The van der Waals surface area contributed by atoms with E-state index in [9.17, 15) is 9.59 Å². The van der Waals surface area contributed by atoms with Crippen LogP contribution in [0.25, 0.3) is 11.0 Å². The van der Waals surface area contributed by atoms with Crippen molar-refractivity contribution >= 4 is 16.9 Å². The molecule has 2 heterocycles. The summed E-state index contributed by atoms with van der Waals surface area (Å²) in [5.41, 5.74) is 2.70. The van der Waals surface area contributed by atoms with Crippen LogP contribution in [0.4, 0.5) is 0 Å². The second-order valence-electron chi connectivity index (χ2n) is 6.70. The molecule has 1 fully saturated rings. The van der Waals surface area contributed by atoms with Gasteiger partial charge in [-0.1, -0.05) is 24.3 Å². The van der Waals surface area contributed by atoms with Crippen molar-refractivity contribution < 1.29 is 9.53 Å². The molecular weight excluding hydrogens is 342 g/mol. The summed E-state index contributed by atoms with van der Waals surface area (Å²) in [5, 5.41) is 0. The van der Waals surface area contributed by atoms with E-state index >= 15 is 0 Å². The predicted molar refractivity (Wildman–Crippen MR) is 103 cm³/mol. The average molecular weight is 363 g/mol. The summed E-state index contributed by atoms with van der Waals surface area (Å²) in [5.74, 6) is 0.835. The van der Waals surface area contributed by atoms with Gasteiger partial charge in [-0.2, -0.15) is 0 Å². The summed E-state index contributed by atoms with van der Waals surface area (Å²) >= 11 is 0. The Morgan fingerprint density at radius 1 is 1.26 bits per heavy atom.